The first-order valence-corrected chi connectivity index (χ1v) is 7.83. The summed E-state index contributed by atoms with van der Waals surface area (Å²) in [5, 5.41) is 2.59. The number of carbonyl (C=O) groups is 1. The molecule has 0 atom stereocenters. The molecule has 1 aromatic heterocycles. The summed E-state index contributed by atoms with van der Waals surface area (Å²) in [4.78, 5) is 12.0. The molecule has 0 saturated heterocycles. The van der Waals surface area contributed by atoms with Crippen molar-refractivity contribution in [3.8, 4) is 11.8 Å². The van der Waals surface area contributed by atoms with Crippen molar-refractivity contribution in [1.82, 2.24) is 14.1 Å². The van der Waals surface area contributed by atoms with Gasteiger partial charge in [0.2, 0.25) is 0 Å². The molecule has 0 aliphatic carbocycles. The van der Waals surface area contributed by atoms with E-state index in [0.29, 0.717) is 16.6 Å². The molecule has 0 aliphatic heterocycles. The Morgan fingerprint density at radius 2 is 1.92 bits per heavy atom. The SMILES string of the molecule is O=C(NCC#Cc1cccc(C(F)(F)F)c1)c1ccc2nsnc2c1. The van der Waals surface area contributed by atoms with E-state index in [2.05, 4.69) is 25.9 Å². The zero-order valence-electron chi connectivity index (χ0n) is 12.6. The number of hydrogen-bond donors (Lipinski definition) is 1. The molecule has 3 rings (SSSR count). The second kappa shape index (κ2) is 6.91. The number of benzene rings is 2. The third-order valence-electron chi connectivity index (χ3n) is 3.28. The largest absolute Gasteiger partial charge is 0.416 e. The Balaban J connectivity index is 1.63. The van der Waals surface area contributed by atoms with E-state index in [-0.39, 0.29) is 18.0 Å². The van der Waals surface area contributed by atoms with Gasteiger partial charge in [-0.2, -0.15) is 21.9 Å². The highest BCUT2D eigenvalue weighted by Crippen LogP contribution is 2.29. The van der Waals surface area contributed by atoms with Crippen LogP contribution in [-0.2, 0) is 6.18 Å². The van der Waals surface area contributed by atoms with Crippen molar-refractivity contribution in [3.05, 3.63) is 59.2 Å². The molecular formula is C17H10F3N3OS. The van der Waals surface area contributed by atoms with Crippen LogP contribution in [0.3, 0.4) is 0 Å². The van der Waals surface area contributed by atoms with Gasteiger partial charge in [-0.15, -0.1) is 0 Å². The van der Waals surface area contributed by atoms with Crippen LogP contribution in [0.1, 0.15) is 21.5 Å². The van der Waals surface area contributed by atoms with Crippen molar-refractivity contribution < 1.29 is 18.0 Å². The zero-order chi connectivity index (χ0) is 17.9. The Morgan fingerprint density at radius 1 is 1.12 bits per heavy atom. The van der Waals surface area contributed by atoms with Crippen molar-refractivity contribution >= 4 is 28.7 Å². The average Bonchev–Trinajstić information content (AvgIpc) is 3.05. The van der Waals surface area contributed by atoms with Crippen molar-refractivity contribution in [1.29, 1.82) is 0 Å². The summed E-state index contributed by atoms with van der Waals surface area (Å²) in [6.45, 7) is 0.0163. The van der Waals surface area contributed by atoms with Gasteiger partial charge in [-0.25, -0.2) is 0 Å². The number of amides is 1. The summed E-state index contributed by atoms with van der Waals surface area (Å²) in [5.74, 6) is 4.90. The summed E-state index contributed by atoms with van der Waals surface area (Å²) in [6.07, 6.45) is -4.41. The summed E-state index contributed by atoms with van der Waals surface area (Å²) in [6, 6.07) is 9.67. The highest BCUT2D eigenvalue weighted by atomic mass is 32.1. The Morgan fingerprint density at radius 3 is 2.72 bits per heavy atom. The molecule has 0 saturated carbocycles. The Bertz CT molecular complexity index is 986. The molecule has 0 radical (unpaired) electrons. The molecule has 0 bridgehead atoms. The van der Waals surface area contributed by atoms with Gasteiger partial charge in [-0.05, 0) is 36.4 Å². The van der Waals surface area contributed by atoms with E-state index in [1.54, 1.807) is 18.2 Å². The number of fused-ring (bicyclic) bond motifs is 1. The summed E-state index contributed by atoms with van der Waals surface area (Å²) in [7, 11) is 0. The lowest BCUT2D eigenvalue weighted by atomic mass is 10.1. The van der Waals surface area contributed by atoms with Gasteiger partial charge in [0.15, 0.2) is 0 Å². The lowest BCUT2D eigenvalue weighted by molar-refractivity contribution is -0.137. The number of halogens is 3. The van der Waals surface area contributed by atoms with Crippen molar-refractivity contribution in [3.63, 3.8) is 0 Å². The zero-order valence-corrected chi connectivity index (χ0v) is 13.4. The minimum Gasteiger partial charge on any atom is -0.341 e. The normalized spacial score (nSPS) is 11.0. The molecule has 126 valence electrons. The predicted octanol–water partition coefficient (Wildman–Crippen LogP) is 3.49. The van der Waals surface area contributed by atoms with Crippen LogP contribution < -0.4 is 5.32 Å². The molecule has 0 spiro atoms. The van der Waals surface area contributed by atoms with E-state index in [9.17, 15) is 18.0 Å². The minimum atomic E-state index is -4.41. The van der Waals surface area contributed by atoms with Gasteiger partial charge in [-0.3, -0.25) is 4.79 Å². The smallest absolute Gasteiger partial charge is 0.341 e. The maximum atomic E-state index is 12.6. The van der Waals surface area contributed by atoms with Gasteiger partial charge in [0.05, 0.1) is 23.8 Å². The third kappa shape index (κ3) is 4.14. The first-order valence-electron chi connectivity index (χ1n) is 7.10. The third-order valence-corrected chi connectivity index (χ3v) is 3.83. The van der Waals surface area contributed by atoms with Crippen LogP contribution in [0.25, 0.3) is 11.0 Å². The Hall–Kier alpha value is -2.92. The van der Waals surface area contributed by atoms with Crippen molar-refractivity contribution in [2.45, 2.75) is 6.18 Å². The molecule has 2 aromatic carbocycles. The van der Waals surface area contributed by atoms with Crippen molar-refractivity contribution in [2.24, 2.45) is 0 Å². The molecule has 0 aliphatic rings. The lowest BCUT2D eigenvalue weighted by Gasteiger charge is -2.05. The van der Waals surface area contributed by atoms with Gasteiger partial charge in [0, 0.05) is 11.1 Å². The van der Waals surface area contributed by atoms with E-state index < -0.39 is 11.7 Å². The average molecular weight is 361 g/mol. The van der Waals surface area contributed by atoms with Crippen LogP contribution in [0, 0.1) is 11.8 Å². The number of rotatable bonds is 2. The molecular weight excluding hydrogens is 351 g/mol. The summed E-state index contributed by atoms with van der Waals surface area (Å²) < 4.78 is 46.0. The van der Waals surface area contributed by atoms with Crippen LogP contribution in [-0.4, -0.2) is 21.2 Å². The quantitative estimate of drug-likeness (QED) is 0.711. The van der Waals surface area contributed by atoms with E-state index in [4.69, 9.17) is 0 Å². The van der Waals surface area contributed by atoms with E-state index in [1.807, 2.05) is 0 Å². The topological polar surface area (TPSA) is 54.9 Å². The number of hydrogen-bond acceptors (Lipinski definition) is 4. The van der Waals surface area contributed by atoms with Crippen LogP contribution in [0.2, 0.25) is 0 Å². The monoisotopic (exact) mass is 361 g/mol. The number of alkyl halides is 3. The maximum absolute atomic E-state index is 12.6. The predicted molar refractivity (Wildman–Crippen MR) is 88.1 cm³/mol. The first kappa shape index (κ1) is 16.9. The fraction of sp³-hybridized carbons (Fsp3) is 0.118. The van der Waals surface area contributed by atoms with Crippen LogP contribution in [0.5, 0.6) is 0 Å². The first-order chi connectivity index (χ1) is 11.9. The second-order valence-electron chi connectivity index (χ2n) is 5.03. The lowest BCUT2D eigenvalue weighted by Crippen LogP contribution is -2.23. The molecule has 3 aromatic rings. The number of nitrogens with zero attached hydrogens (tertiary/aromatic N) is 2. The molecule has 0 unspecified atom stereocenters. The van der Waals surface area contributed by atoms with Crippen LogP contribution in [0.15, 0.2) is 42.5 Å². The number of aromatic nitrogens is 2. The van der Waals surface area contributed by atoms with Crippen molar-refractivity contribution in [2.75, 3.05) is 6.54 Å². The molecule has 1 N–H and O–H groups in total. The fourth-order valence-corrected chi connectivity index (χ4v) is 2.59. The standard InChI is InChI=1S/C17H10F3N3OS/c18-17(19,20)13-5-1-3-11(9-13)4-2-8-21-16(24)12-6-7-14-15(10-12)23-25-22-14/h1,3,5-7,9-10H,8H2,(H,21,24). The minimum absolute atomic E-state index is 0.0163. The molecule has 1 amide bonds. The maximum Gasteiger partial charge on any atom is 0.416 e. The number of carbonyl (C=O) groups excluding carboxylic acids is 1. The highest BCUT2D eigenvalue weighted by Gasteiger charge is 2.30. The fourth-order valence-electron chi connectivity index (χ4n) is 2.07. The van der Waals surface area contributed by atoms with Gasteiger partial charge < -0.3 is 5.32 Å². The van der Waals surface area contributed by atoms with Gasteiger partial charge in [-0.1, -0.05) is 17.9 Å². The van der Waals surface area contributed by atoms with Gasteiger partial charge in [0.25, 0.3) is 5.91 Å². The molecule has 4 nitrogen and oxygen atoms in total. The van der Waals surface area contributed by atoms with Gasteiger partial charge in [0.1, 0.15) is 11.0 Å². The van der Waals surface area contributed by atoms with Crippen LogP contribution in [0.4, 0.5) is 13.2 Å². The molecule has 1 heterocycles. The molecule has 0 fully saturated rings. The Labute approximate surface area is 145 Å². The second-order valence-corrected chi connectivity index (χ2v) is 5.56. The van der Waals surface area contributed by atoms with E-state index in [1.165, 1.54) is 12.1 Å². The number of nitrogens with one attached hydrogen (secondary N) is 1. The van der Waals surface area contributed by atoms with Crippen LogP contribution >= 0.6 is 11.7 Å². The van der Waals surface area contributed by atoms with E-state index >= 15 is 0 Å². The highest BCUT2D eigenvalue weighted by molar-refractivity contribution is 7.00. The summed E-state index contributed by atoms with van der Waals surface area (Å²) >= 11 is 1.06. The van der Waals surface area contributed by atoms with E-state index in [0.717, 1.165) is 23.9 Å². The Kier molecular flexibility index (Phi) is 4.67. The summed E-state index contributed by atoms with van der Waals surface area (Å²) in [5.41, 5.74) is 1.24. The molecule has 8 heteroatoms. The van der Waals surface area contributed by atoms with Gasteiger partial charge >= 0.3 is 6.18 Å². The molecule has 25 heavy (non-hydrogen) atoms.